The fraction of sp³-hybridized carbons (Fsp3) is 0.700. The standard InChI is InChI=1S/C20H32ClN3O3S/c1-19(2,3)27-18(25)24-11-9-14(10-12-24)17(23-28(26)20(4,5)6)16-8-7-15(21)13-22-16/h7-8,13-14,17,23H,9-12H2,1-6H3/t17-,28?/m0/s1. The first-order valence-corrected chi connectivity index (χ1v) is 11.2. The van der Waals surface area contributed by atoms with E-state index in [1.54, 1.807) is 17.2 Å². The number of hydrogen-bond donors (Lipinski definition) is 1. The lowest BCUT2D eigenvalue weighted by molar-refractivity contribution is 0.0171. The Labute approximate surface area is 176 Å². The molecule has 0 saturated carbocycles. The Balaban J connectivity index is 2.10. The lowest BCUT2D eigenvalue weighted by atomic mass is 9.88. The zero-order valence-corrected chi connectivity index (χ0v) is 19.2. The summed E-state index contributed by atoms with van der Waals surface area (Å²) in [6, 6.07) is 3.51. The van der Waals surface area contributed by atoms with Gasteiger partial charge in [0.15, 0.2) is 0 Å². The van der Waals surface area contributed by atoms with Crippen molar-refractivity contribution in [1.82, 2.24) is 14.6 Å². The van der Waals surface area contributed by atoms with Gasteiger partial charge in [-0.25, -0.2) is 4.79 Å². The van der Waals surface area contributed by atoms with Crippen molar-refractivity contribution < 1.29 is 14.1 Å². The number of nitrogens with one attached hydrogen (secondary N) is 1. The summed E-state index contributed by atoms with van der Waals surface area (Å²) in [5, 5.41) is 0.569. The molecule has 2 rings (SSSR count). The molecule has 0 spiro atoms. The molecular formula is C20H32ClN3O3S. The van der Waals surface area contributed by atoms with Crippen LogP contribution in [0.3, 0.4) is 0 Å². The zero-order valence-electron chi connectivity index (χ0n) is 17.6. The number of rotatable bonds is 4. The number of amides is 1. The van der Waals surface area contributed by atoms with Gasteiger partial charge in [0.2, 0.25) is 0 Å². The van der Waals surface area contributed by atoms with E-state index in [4.69, 9.17) is 16.3 Å². The molecule has 1 saturated heterocycles. The van der Waals surface area contributed by atoms with Gasteiger partial charge < -0.3 is 14.2 Å². The van der Waals surface area contributed by atoms with Crippen molar-refractivity contribution in [1.29, 1.82) is 0 Å². The quantitative estimate of drug-likeness (QED) is 0.714. The number of ether oxygens (including phenoxy) is 1. The maximum absolute atomic E-state index is 12.7. The minimum atomic E-state index is -1.23. The maximum atomic E-state index is 12.7. The summed E-state index contributed by atoms with van der Waals surface area (Å²) in [4.78, 5) is 18.5. The Bertz CT molecular complexity index is 650. The van der Waals surface area contributed by atoms with Crippen LogP contribution in [-0.4, -0.2) is 44.0 Å². The minimum Gasteiger partial charge on any atom is -0.598 e. The molecule has 6 nitrogen and oxygen atoms in total. The van der Waals surface area contributed by atoms with Crippen molar-refractivity contribution in [2.75, 3.05) is 13.1 Å². The van der Waals surface area contributed by atoms with Crippen molar-refractivity contribution in [2.45, 2.75) is 70.8 Å². The van der Waals surface area contributed by atoms with Gasteiger partial charge >= 0.3 is 6.09 Å². The van der Waals surface area contributed by atoms with Gasteiger partial charge in [0.25, 0.3) is 0 Å². The highest BCUT2D eigenvalue weighted by Gasteiger charge is 2.37. The molecule has 0 aliphatic carbocycles. The number of piperidine rings is 1. The lowest BCUT2D eigenvalue weighted by Crippen LogP contribution is -2.47. The molecule has 1 unspecified atom stereocenters. The number of halogens is 1. The van der Waals surface area contributed by atoms with Gasteiger partial charge in [-0.05, 0) is 72.4 Å². The maximum Gasteiger partial charge on any atom is 0.410 e. The predicted octanol–water partition coefficient (Wildman–Crippen LogP) is 4.48. The molecule has 1 aliphatic heterocycles. The summed E-state index contributed by atoms with van der Waals surface area (Å²) in [6.07, 6.45) is 2.89. The van der Waals surface area contributed by atoms with Crippen LogP contribution in [0.4, 0.5) is 4.79 Å². The average Bonchev–Trinajstić information content (AvgIpc) is 2.58. The first-order valence-electron chi connectivity index (χ1n) is 9.64. The molecule has 8 heteroatoms. The number of likely N-dealkylation sites (tertiary alicyclic amines) is 1. The van der Waals surface area contributed by atoms with Crippen LogP contribution >= 0.6 is 11.6 Å². The Hall–Kier alpha value is -1.02. The van der Waals surface area contributed by atoms with Gasteiger partial charge in [-0.2, -0.15) is 0 Å². The second-order valence-corrected chi connectivity index (χ2v) is 11.6. The Morgan fingerprint density at radius 2 is 1.89 bits per heavy atom. The molecule has 2 atom stereocenters. The summed E-state index contributed by atoms with van der Waals surface area (Å²) >= 11 is 4.75. The number of aromatic nitrogens is 1. The first-order chi connectivity index (χ1) is 12.9. The highest BCUT2D eigenvalue weighted by molar-refractivity contribution is 7.90. The Morgan fingerprint density at radius 1 is 1.29 bits per heavy atom. The van der Waals surface area contributed by atoms with E-state index in [-0.39, 0.29) is 22.8 Å². The van der Waals surface area contributed by atoms with Crippen LogP contribution in [0.15, 0.2) is 18.3 Å². The second kappa shape index (κ2) is 9.20. The van der Waals surface area contributed by atoms with Crippen LogP contribution in [0.25, 0.3) is 0 Å². The lowest BCUT2D eigenvalue weighted by Gasteiger charge is -2.37. The van der Waals surface area contributed by atoms with Crippen molar-refractivity contribution in [3.63, 3.8) is 0 Å². The topological polar surface area (TPSA) is 77.5 Å². The molecule has 1 aliphatic rings. The van der Waals surface area contributed by atoms with E-state index in [9.17, 15) is 9.35 Å². The van der Waals surface area contributed by atoms with Crippen molar-refractivity contribution in [2.24, 2.45) is 5.92 Å². The van der Waals surface area contributed by atoms with Crippen LogP contribution in [0, 0.1) is 5.92 Å². The Kier molecular flexibility index (Phi) is 7.64. The van der Waals surface area contributed by atoms with Crippen LogP contribution in [0.2, 0.25) is 5.02 Å². The average molecular weight is 430 g/mol. The number of hydrogen-bond acceptors (Lipinski definition) is 5. The number of carbonyl (C=O) groups excluding carboxylic acids is 1. The predicted molar refractivity (Wildman–Crippen MR) is 114 cm³/mol. The molecule has 1 fully saturated rings. The van der Waals surface area contributed by atoms with E-state index in [1.165, 1.54) is 0 Å². The summed E-state index contributed by atoms with van der Waals surface area (Å²) in [5.74, 6) is 0.207. The molecule has 1 N–H and O–H groups in total. The largest absolute Gasteiger partial charge is 0.598 e. The SMILES string of the molecule is CC(C)(C)OC(=O)N1CCC([C@H](N[S+]([O-])C(C)(C)C)c2ccc(Cl)cn2)CC1. The van der Waals surface area contributed by atoms with Gasteiger partial charge in [-0.15, -0.1) is 4.72 Å². The van der Waals surface area contributed by atoms with E-state index >= 15 is 0 Å². The third kappa shape index (κ3) is 6.79. The fourth-order valence-electron chi connectivity index (χ4n) is 3.00. The molecule has 2 heterocycles. The van der Waals surface area contributed by atoms with Crippen LogP contribution in [-0.2, 0) is 16.1 Å². The summed E-state index contributed by atoms with van der Waals surface area (Å²) in [5.41, 5.74) is 0.312. The number of nitrogens with zero attached hydrogens (tertiary/aromatic N) is 2. The summed E-state index contributed by atoms with van der Waals surface area (Å²) in [7, 11) is 0. The van der Waals surface area contributed by atoms with Crippen LogP contribution in [0.1, 0.15) is 66.1 Å². The summed E-state index contributed by atoms with van der Waals surface area (Å²) < 4.78 is 21.1. The second-order valence-electron chi connectivity index (χ2n) is 9.18. The normalized spacial score (nSPS) is 18.6. The van der Waals surface area contributed by atoms with Crippen molar-refractivity contribution in [3.05, 3.63) is 29.0 Å². The van der Waals surface area contributed by atoms with Crippen LogP contribution < -0.4 is 4.72 Å². The van der Waals surface area contributed by atoms with E-state index < -0.39 is 17.0 Å². The highest BCUT2D eigenvalue weighted by Crippen LogP contribution is 2.33. The molecule has 0 aromatic carbocycles. The smallest absolute Gasteiger partial charge is 0.410 e. The molecule has 1 aromatic heterocycles. The third-order valence-corrected chi connectivity index (χ3v) is 6.33. The van der Waals surface area contributed by atoms with Gasteiger partial charge in [-0.3, -0.25) is 4.98 Å². The molecule has 1 amide bonds. The fourth-order valence-corrected chi connectivity index (χ4v) is 4.01. The zero-order chi connectivity index (χ0) is 21.1. The van der Waals surface area contributed by atoms with Gasteiger partial charge in [0, 0.05) is 30.6 Å². The third-order valence-electron chi connectivity index (χ3n) is 4.52. The summed E-state index contributed by atoms with van der Waals surface area (Å²) in [6.45, 7) is 12.6. The molecular weight excluding hydrogens is 398 g/mol. The van der Waals surface area contributed by atoms with E-state index in [0.717, 1.165) is 18.5 Å². The van der Waals surface area contributed by atoms with Gasteiger partial charge in [0.05, 0.1) is 16.8 Å². The monoisotopic (exact) mass is 429 g/mol. The van der Waals surface area contributed by atoms with Crippen molar-refractivity contribution in [3.8, 4) is 0 Å². The van der Waals surface area contributed by atoms with E-state index in [2.05, 4.69) is 9.71 Å². The minimum absolute atomic E-state index is 0.168. The van der Waals surface area contributed by atoms with Crippen molar-refractivity contribution >= 4 is 29.1 Å². The molecule has 0 bridgehead atoms. The van der Waals surface area contributed by atoms with E-state index in [0.29, 0.717) is 18.1 Å². The number of pyridine rings is 1. The number of carbonyl (C=O) groups is 1. The Morgan fingerprint density at radius 3 is 2.36 bits per heavy atom. The van der Waals surface area contributed by atoms with Gasteiger partial charge in [0.1, 0.15) is 10.3 Å². The van der Waals surface area contributed by atoms with Crippen LogP contribution in [0.5, 0.6) is 0 Å². The molecule has 0 radical (unpaired) electrons. The molecule has 28 heavy (non-hydrogen) atoms. The van der Waals surface area contributed by atoms with E-state index in [1.807, 2.05) is 47.6 Å². The first kappa shape index (κ1) is 23.3. The molecule has 158 valence electrons. The molecule has 1 aromatic rings. The highest BCUT2D eigenvalue weighted by atomic mass is 35.5. The van der Waals surface area contributed by atoms with Gasteiger partial charge in [-0.1, -0.05) is 11.6 Å².